The van der Waals surface area contributed by atoms with Gasteiger partial charge in [0.2, 0.25) is 18.6 Å². The highest BCUT2D eigenvalue weighted by molar-refractivity contribution is 5.88. The summed E-state index contributed by atoms with van der Waals surface area (Å²) in [5.41, 5.74) is 2.34. The molecule has 2 N–H and O–H groups in total. The van der Waals surface area contributed by atoms with Gasteiger partial charge in [0.15, 0.2) is 11.5 Å². The molecule has 3 heterocycles. The summed E-state index contributed by atoms with van der Waals surface area (Å²) in [6.07, 6.45) is 3.50. The number of nitrogens with one attached hydrogen (secondary N) is 2. The Morgan fingerprint density at radius 2 is 1.73 bits per heavy atom. The average molecular weight is 676 g/mol. The molecule has 3 unspecified atom stereocenters. The van der Waals surface area contributed by atoms with Crippen LogP contribution in [0.15, 0.2) is 42.5 Å². The van der Waals surface area contributed by atoms with Crippen molar-refractivity contribution in [1.29, 1.82) is 0 Å². The fourth-order valence-electron chi connectivity index (χ4n) is 7.75. The fraction of sp³-hybridized carbons (Fsp3) is 0.568. The number of hydrogen-bond donors (Lipinski definition) is 2. The summed E-state index contributed by atoms with van der Waals surface area (Å²) in [6, 6.07) is 12.2. The van der Waals surface area contributed by atoms with Gasteiger partial charge in [-0.1, -0.05) is 30.3 Å². The quantitative estimate of drug-likeness (QED) is 0.471. The molecule has 4 aliphatic rings. The monoisotopic (exact) mass is 675 g/mol. The van der Waals surface area contributed by atoms with Crippen LogP contribution in [0.2, 0.25) is 0 Å². The van der Waals surface area contributed by atoms with Crippen molar-refractivity contribution >= 4 is 23.9 Å². The van der Waals surface area contributed by atoms with Gasteiger partial charge in [0, 0.05) is 58.2 Å². The van der Waals surface area contributed by atoms with Crippen LogP contribution in [0.3, 0.4) is 0 Å². The third kappa shape index (κ3) is 7.58. The lowest BCUT2D eigenvalue weighted by Crippen LogP contribution is -2.57. The number of fused-ring (bicyclic) bond motifs is 3. The van der Waals surface area contributed by atoms with Gasteiger partial charge in [-0.05, 0) is 81.7 Å². The van der Waals surface area contributed by atoms with Crippen molar-refractivity contribution in [2.45, 2.75) is 88.3 Å². The van der Waals surface area contributed by atoms with E-state index in [0.29, 0.717) is 44.1 Å². The Morgan fingerprint density at radius 1 is 1.00 bits per heavy atom. The fourth-order valence-corrected chi connectivity index (χ4v) is 7.75. The maximum atomic E-state index is 14.2. The number of carbonyl (C=O) groups is 4. The Hall–Kier alpha value is -4.48. The molecule has 6 rings (SSSR count). The normalized spacial score (nSPS) is 21.5. The van der Waals surface area contributed by atoms with E-state index in [1.54, 1.807) is 23.9 Å². The van der Waals surface area contributed by atoms with Crippen molar-refractivity contribution in [1.82, 2.24) is 25.3 Å². The first-order valence-electron chi connectivity index (χ1n) is 17.3. The minimum Gasteiger partial charge on any atom is -0.454 e. The van der Waals surface area contributed by atoms with Gasteiger partial charge in [0.25, 0.3) is 0 Å². The minimum absolute atomic E-state index is 0.106. The lowest BCUT2D eigenvalue weighted by atomic mass is 9.73. The Balaban J connectivity index is 1.14. The van der Waals surface area contributed by atoms with Crippen molar-refractivity contribution in [3.05, 3.63) is 59.2 Å². The van der Waals surface area contributed by atoms with E-state index in [9.17, 15) is 19.2 Å². The summed E-state index contributed by atoms with van der Waals surface area (Å²) < 4.78 is 16.6. The van der Waals surface area contributed by atoms with Crippen molar-refractivity contribution in [2.75, 3.05) is 47.1 Å². The highest BCUT2D eigenvalue weighted by atomic mass is 16.7. The van der Waals surface area contributed by atoms with Crippen LogP contribution in [-0.4, -0.2) is 103 Å². The number of hydrogen-bond acceptors (Lipinski definition) is 7. The van der Waals surface area contributed by atoms with Crippen molar-refractivity contribution in [2.24, 2.45) is 0 Å². The molecule has 12 nitrogen and oxygen atoms in total. The van der Waals surface area contributed by atoms with Gasteiger partial charge >= 0.3 is 12.1 Å². The van der Waals surface area contributed by atoms with Gasteiger partial charge in [-0.3, -0.25) is 9.59 Å². The summed E-state index contributed by atoms with van der Waals surface area (Å²) in [4.78, 5) is 58.7. The standard InChI is InChI=1S/C37H49N5O7/c1-36(2,3)49-35(46)42-16-8-9-25(22-42)38-34(45)39-29(19-24-12-13-30-31(20-24)48-23-47-30)33(44)41-17-14-37(15-18-41)21-27(32(43)40(4)5)26-10-6-7-11-28(26)37/h6-7,10-13,20,25,27,29H,8-9,14-19,21-23H2,1-5H3,(H2,38,39,45). The van der Waals surface area contributed by atoms with Crippen molar-refractivity contribution in [3.8, 4) is 11.5 Å². The lowest BCUT2D eigenvalue weighted by molar-refractivity contribution is -0.135. The van der Waals surface area contributed by atoms with Gasteiger partial charge in [0.1, 0.15) is 11.6 Å². The van der Waals surface area contributed by atoms with Crippen LogP contribution < -0.4 is 20.1 Å². The number of piperidine rings is 2. The first kappa shape index (κ1) is 34.4. The molecule has 264 valence electrons. The second kappa shape index (κ2) is 13.8. The van der Waals surface area contributed by atoms with E-state index in [1.165, 1.54) is 5.56 Å². The van der Waals surface area contributed by atoms with Crippen LogP contribution in [0, 0.1) is 0 Å². The third-order valence-electron chi connectivity index (χ3n) is 10.2. The molecule has 5 amide bonds. The molecular formula is C37H49N5O7. The van der Waals surface area contributed by atoms with Crippen LogP contribution in [0.25, 0.3) is 0 Å². The van der Waals surface area contributed by atoms with Gasteiger partial charge in [-0.2, -0.15) is 0 Å². The molecule has 49 heavy (non-hydrogen) atoms. The zero-order valence-electron chi connectivity index (χ0n) is 29.3. The number of urea groups is 1. The molecule has 1 aliphatic carbocycles. The Labute approximate surface area is 288 Å². The van der Waals surface area contributed by atoms with E-state index < -0.39 is 23.8 Å². The summed E-state index contributed by atoms with van der Waals surface area (Å²) in [7, 11) is 3.60. The Morgan fingerprint density at radius 3 is 2.47 bits per heavy atom. The van der Waals surface area contributed by atoms with Crippen LogP contribution in [0.1, 0.15) is 75.5 Å². The van der Waals surface area contributed by atoms with E-state index >= 15 is 0 Å². The number of rotatable bonds is 6. The van der Waals surface area contributed by atoms with Crippen LogP contribution in [-0.2, 0) is 26.2 Å². The molecule has 0 aromatic heterocycles. The average Bonchev–Trinajstić information content (AvgIpc) is 3.66. The number of nitrogens with zero attached hydrogens (tertiary/aromatic N) is 3. The van der Waals surface area contributed by atoms with E-state index in [-0.39, 0.29) is 42.4 Å². The van der Waals surface area contributed by atoms with E-state index in [4.69, 9.17) is 14.2 Å². The summed E-state index contributed by atoms with van der Waals surface area (Å²) in [6.45, 7) is 7.55. The van der Waals surface area contributed by atoms with Crippen molar-refractivity contribution < 1.29 is 33.4 Å². The molecule has 1 spiro atoms. The smallest absolute Gasteiger partial charge is 0.410 e. The second-order valence-corrected chi connectivity index (χ2v) is 15.0. The number of ether oxygens (including phenoxy) is 3. The van der Waals surface area contributed by atoms with Crippen molar-refractivity contribution in [3.63, 3.8) is 0 Å². The molecular weight excluding hydrogens is 626 g/mol. The maximum absolute atomic E-state index is 14.2. The predicted octanol–water partition coefficient (Wildman–Crippen LogP) is 4.16. The van der Waals surface area contributed by atoms with Gasteiger partial charge in [0.05, 0.1) is 5.92 Å². The zero-order chi connectivity index (χ0) is 34.9. The Bertz CT molecular complexity index is 1580. The topological polar surface area (TPSA) is 130 Å². The lowest BCUT2D eigenvalue weighted by Gasteiger charge is -2.41. The third-order valence-corrected chi connectivity index (χ3v) is 10.2. The van der Waals surface area contributed by atoms with Gasteiger partial charge in [-0.15, -0.1) is 0 Å². The first-order chi connectivity index (χ1) is 23.3. The van der Waals surface area contributed by atoms with Crippen LogP contribution in [0.5, 0.6) is 11.5 Å². The molecule has 2 aromatic carbocycles. The zero-order valence-corrected chi connectivity index (χ0v) is 29.3. The number of likely N-dealkylation sites (N-methyl/N-ethyl adjacent to an activating group) is 1. The maximum Gasteiger partial charge on any atom is 0.410 e. The summed E-state index contributed by atoms with van der Waals surface area (Å²) in [5.74, 6) is 1.01. The number of amides is 5. The Kier molecular flexibility index (Phi) is 9.68. The first-order valence-corrected chi connectivity index (χ1v) is 17.3. The molecule has 3 atom stereocenters. The highest BCUT2D eigenvalue weighted by Crippen LogP contribution is 2.52. The van der Waals surface area contributed by atoms with Gasteiger partial charge in [-0.25, -0.2) is 9.59 Å². The molecule has 3 aliphatic heterocycles. The highest BCUT2D eigenvalue weighted by Gasteiger charge is 2.48. The SMILES string of the molecule is CN(C)C(=O)C1CC2(CCN(C(=O)C(Cc3ccc4c(c3)OCO4)NC(=O)NC3CCCN(C(=O)OC(C)(C)C)C3)CC2)c2ccccc21. The number of benzene rings is 2. The van der Waals surface area contributed by atoms with Crippen LogP contribution in [0.4, 0.5) is 9.59 Å². The molecule has 0 saturated carbocycles. The van der Waals surface area contributed by atoms with E-state index in [1.807, 2.05) is 56.0 Å². The van der Waals surface area contributed by atoms with Gasteiger partial charge < -0.3 is 39.5 Å². The molecule has 2 saturated heterocycles. The predicted molar refractivity (Wildman–Crippen MR) is 183 cm³/mol. The summed E-state index contributed by atoms with van der Waals surface area (Å²) in [5, 5.41) is 5.98. The van der Waals surface area contributed by atoms with Crippen LogP contribution >= 0.6 is 0 Å². The number of likely N-dealkylation sites (tertiary alicyclic amines) is 2. The molecule has 2 aromatic rings. The van der Waals surface area contributed by atoms with E-state index in [2.05, 4.69) is 22.8 Å². The van der Waals surface area contributed by atoms with E-state index in [0.717, 1.165) is 36.8 Å². The molecule has 2 fully saturated rings. The minimum atomic E-state index is -0.834. The molecule has 0 bridgehead atoms. The second-order valence-electron chi connectivity index (χ2n) is 15.0. The largest absolute Gasteiger partial charge is 0.454 e. The summed E-state index contributed by atoms with van der Waals surface area (Å²) >= 11 is 0. The molecule has 12 heteroatoms. The molecule has 0 radical (unpaired) electrons. The number of carbonyl (C=O) groups excluding carboxylic acids is 4.